The summed E-state index contributed by atoms with van der Waals surface area (Å²) in [5, 5.41) is 0.737. The molecule has 1 atom stereocenters. The van der Waals surface area contributed by atoms with Gasteiger partial charge in [0.1, 0.15) is 0 Å². The zero-order valence-electron chi connectivity index (χ0n) is 12.2. The van der Waals surface area contributed by atoms with Gasteiger partial charge in [-0.3, -0.25) is 5.84 Å². The van der Waals surface area contributed by atoms with Crippen molar-refractivity contribution in [3.63, 3.8) is 0 Å². The predicted octanol–water partition coefficient (Wildman–Crippen LogP) is 4.32. The van der Waals surface area contributed by atoms with E-state index in [2.05, 4.69) is 43.5 Å². The quantitative estimate of drug-likeness (QED) is 0.649. The maximum atomic E-state index is 6.34. The van der Waals surface area contributed by atoms with E-state index in [4.69, 9.17) is 17.4 Å². The van der Waals surface area contributed by atoms with Gasteiger partial charge in [-0.15, -0.1) is 0 Å². The number of benzene rings is 2. The number of hydrogen-bond acceptors (Lipinski definition) is 2. The van der Waals surface area contributed by atoms with Crippen LogP contribution in [0, 0.1) is 6.92 Å². The highest BCUT2D eigenvalue weighted by Crippen LogP contribution is 2.29. The van der Waals surface area contributed by atoms with E-state index in [-0.39, 0.29) is 6.04 Å². The van der Waals surface area contributed by atoms with Crippen molar-refractivity contribution in [2.45, 2.75) is 32.7 Å². The molecule has 0 bridgehead atoms. The second-order valence-corrected chi connectivity index (χ2v) is 5.85. The van der Waals surface area contributed by atoms with Crippen LogP contribution < -0.4 is 11.3 Å². The molecule has 2 aromatic carbocycles. The van der Waals surface area contributed by atoms with Crippen LogP contribution in [0.15, 0.2) is 42.5 Å². The van der Waals surface area contributed by atoms with Gasteiger partial charge in [-0.2, -0.15) is 0 Å². The van der Waals surface area contributed by atoms with Crippen LogP contribution in [0.1, 0.15) is 48.1 Å². The molecule has 106 valence electrons. The van der Waals surface area contributed by atoms with E-state index in [0.717, 1.165) is 21.7 Å². The van der Waals surface area contributed by atoms with Gasteiger partial charge < -0.3 is 0 Å². The Labute approximate surface area is 125 Å². The van der Waals surface area contributed by atoms with Crippen LogP contribution in [-0.4, -0.2) is 0 Å². The SMILES string of the molecule is Cc1ccc(C(NN)c2ccc(C(C)C)cc2)c(Cl)c1. The molecule has 0 aliphatic heterocycles. The average molecular weight is 289 g/mol. The van der Waals surface area contributed by atoms with E-state index in [1.54, 1.807) is 0 Å². The molecule has 0 amide bonds. The van der Waals surface area contributed by atoms with Crippen molar-refractivity contribution in [3.05, 3.63) is 69.7 Å². The Morgan fingerprint density at radius 2 is 1.60 bits per heavy atom. The van der Waals surface area contributed by atoms with Gasteiger partial charge in [0.15, 0.2) is 0 Å². The molecular formula is C17H21ClN2. The molecule has 3 N–H and O–H groups in total. The Morgan fingerprint density at radius 3 is 2.10 bits per heavy atom. The molecule has 0 saturated heterocycles. The fraction of sp³-hybridized carbons (Fsp3) is 0.294. The smallest absolute Gasteiger partial charge is 0.0724 e. The Hall–Kier alpha value is -1.35. The highest BCUT2D eigenvalue weighted by molar-refractivity contribution is 6.31. The van der Waals surface area contributed by atoms with Gasteiger partial charge in [0.2, 0.25) is 0 Å². The lowest BCUT2D eigenvalue weighted by molar-refractivity contribution is 0.636. The first-order chi connectivity index (χ1) is 9.52. The van der Waals surface area contributed by atoms with E-state index >= 15 is 0 Å². The van der Waals surface area contributed by atoms with E-state index in [9.17, 15) is 0 Å². The van der Waals surface area contributed by atoms with Gasteiger partial charge in [-0.1, -0.05) is 61.8 Å². The topological polar surface area (TPSA) is 38.0 Å². The van der Waals surface area contributed by atoms with Crippen LogP contribution in [0.2, 0.25) is 5.02 Å². The molecule has 20 heavy (non-hydrogen) atoms. The molecule has 2 nitrogen and oxygen atoms in total. The number of aryl methyl sites for hydroxylation is 1. The summed E-state index contributed by atoms with van der Waals surface area (Å²) in [5.41, 5.74) is 7.43. The molecule has 0 radical (unpaired) electrons. The molecule has 3 heteroatoms. The maximum absolute atomic E-state index is 6.34. The summed E-state index contributed by atoms with van der Waals surface area (Å²) in [6.45, 7) is 6.40. The molecule has 0 aromatic heterocycles. The number of hydrogen-bond donors (Lipinski definition) is 2. The maximum Gasteiger partial charge on any atom is 0.0724 e. The van der Waals surface area contributed by atoms with Crippen molar-refractivity contribution in [1.29, 1.82) is 0 Å². The Bertz CT molecular complexity index is 576. The molecule has 0 spiro atoms. The van der Waals surface area contributed by atoms with Crippen molar-refractivity contribution < 1.29 is 0 Å². The molecule has 2 aromatic rings. The number of nitrogens with one attached hydrogen (secondary N) is 1. The van der Waals surface area contributed by atoms with Crippen LogP contribution in [0.3, 0.4) is 0 Å². The molecule has 0 saturated carbocycles. The lowest BCUT2D eigenvalue weighted by Gasteiger charge is -2.19. The normalized spacial score (nSPS) is 12.7. The number of halogens is 1. The molecule has 2 rings (SSSR count). The predicted molar refractivity (Wildman–Crippen MR) is 85.9 cm³/mol. The van der Waals surface area contributed by atoms with Gasteiger partial charge >= 0.3 is 0 Å². The van der Waals surface area contributed by atoms with Crippen molar-refractivity contribution in [2.24, 2.45) is 5.84 Å². The van der Waals surface area contributed by atoms with Gasteiger partial charge in [0, 0.05) is 5.02 Å². The second kappa shape index (κ2) is 6.40. The van der Waals surface area contributed by atoms with E-state index in [1.165, 1.54) is 5.56 Å². The molecule has 1 unspecified atom stereocenters. The summed E-state index contributed by atoms with van der Waals surface area (Å²) in [6, 6.07) is 14.4. The van der Waals surface area contributed by atoms with Gasteiger partial charge in [0.25, 0.3) is 0 Å². The minimum atomic E-state index is -0.0932. The fourth-order valence-corrected chi connectivity index (χ4v) is 2.65. The Morgan fingerprint density at radius 1 is 1.00 bits per heavy atom. The minimum absolute atomic E-state index is 0.0932. The third-order valence-corrected chi connectivity index (χ3v) is 3.90. The summed E-state index contributed by atoms with van der Waals surface area (Å²) in [5.74, 6) is 6.26. The summed E-state index contributed by atoms with van der Waals surface area (Å²) < 4.78 is 0. The molecule has 0 heterocycles. The van der Waals surface area contributed by atoms with E-state index in [1.807, 2.05) is 25.1 Å². The van der Waals surface area contributed by atoms with Crippen LogP contribution in [0.4, 0.5) is 0 Å². The number of hydrazine groups is 1. The summed E-state index contributed by atoms with van der Waals surface area (Å²) in [6.07, 6.45) is 0. The van der Waals surface area contributed by atoms with Crippen LogP contribution in [0.5, 0.6) is 0 Å². The molecule has 0 aliphatic rings. The van der Waals surface area contributed by atoms with Crippen LogP contribution in [-0.2, 0) is 0 Å². The van der Waals surface area contributed by atoms with E-state index in [0.29, 0.717) is 5.92 Å². The fourth-order valence-electron chi connectivity index (χ4n) is 2.31. The molecule has 0 fully saturated rings. The van der Waals surface area contributed by atoms with Crippen molar-refractivity contribution in [3.8, 4) is 0 Å². The zero-order chi connectivity index (χ0) is 14.7. The minimum Gasteiger partial charge on any atom is -0.271 e. The van der Waals surface area contributed by atoms with Gasteiger partial charge in [-0.25, -0.2) is 5.43 Å². The summed E-state index contributed by atoms with van der Waals surface area (Å²) in [4.78, 5) is 0. The molecule has 0 aliphatic carbocycles. The third kappa shape index (κ3) is 3.21. The Balaban J connectivity index is 2.36. The van der Waals surface area contributed by atoms with Gasteiger partial charge in [-0.05, 0) is 41.2 Å². The van der Waals surface area contributed by atoms with E-state index < -0.39 is 0 Å². The number of rotatable bonds is 4. The average Bonchev–Trinajstić information content (AvgIpc) is 2.42. The summed E-state index contributed by atoms with van der Waals surface area (Å²) >= 11 is 6.34. The zero-order valence-corrected chi connectivity index (χ0v) is 12.9. The standard InChI is InChI=1S/C17H21ClN2/c1-11(2)13-5-7-14(8-6-13)17(20-19)15-9-4-12(3)10-16(15)18/h4-11,17,20H,19H2,1-3H3. The largest absolute Gasteiger partial charge is 0.271 e. The summed E-state index contributed by atoms with van der Waals surface area (Å²) in [7, 11) is 0. The first-order valence-electron chi connectivity index (χ1n) is 6.85. The highest BCUT2D eigenvalue weighted by Gasteiger charge is 2.15. The number of nitrogens with two attached hydrogens (primary N) is 1. The van der Waals surface area contributed by atoms with Crippen molar-refractivity contribution in [1.82, 2.24) is 5.43 Å². The lowest BCUT2D eigenvalue weighted by atomic mass is 9.95. The van der Waals surface area contributed by atoms with Gasteiger partial charge in [0.05, 0.1) is 6.04 Å². The highest BCUT2D eigenvalue weighted by atomic mass is 35.5. The third-order valence-electron chi connectivity index (χ3n) is 3.57. The lowest BCUT2D eigenvalue weighted by Crippen LogP contribution is -2.29. The monoisotopic (exact) mass is 288 g/mol. The first kappa shape index (κ1) is 15.0. The van der Waals surface area contributed by atoms with Crippen molar-refractivity contribution in [2.75, 3.05) is 0 Å². The molecular weight excluding hydrogens is 268 g/mol. The second-order valence-electron chi connectivity index (χ2n) is 5.45. The van der Waals surface area contributed by atoms with Crippen molar-refractivity contribution >= 4 is 11.6 Å². The van der Waals surface area contributed by atoms with Crippen LogP contribution >= 0.6 is 11.6 Å². The first-order valence-corrected chi connectivity index (χ1v) is 7.22. The van der Waals surface area contributed by atoms with Crippen LogP contribution in [0.25, 0.3) is 0 Å². The Kier molecular flexibility index (Phi) is 4.81.